The third kappa shape index (κ3) is 2.21. The fourth-order valence-corrected chi connectivity index (χ4v) is 3.62. The average molecular weight is 252 g/mol. The number of halogens is 1. The number of nitrogen functional groups attached to an aromatic ring is 1. The number of pyridine rings is 1. The van der Waals surface area contributed by atoms with Crippen molar-refractivity contribution in [2.24, 2.45) is 17.8 Å². The summed E-state index contributed by atoms with van der Waals surface area (Å²) < 4.78 is 0. The van der Waals surface area contributed by atoms with Crippen LogP contribution in [0.15, 0.2) is 12.3 Å². The lowest BCUT2D eigenvalue weighted by molar-refractivity contribution is 0.348. The third-order valence-corrected chi connectivity index (χ3v) is 4.51. The molecule has 0 saturated heterocycles. The Balaban J connectivity index is 1.60. The number of hydrogen-bond donors (Lipinski definition) is 2. The summed E-state index contributed by atoms with van der Waals surface area (Å²) in [6, 6.07) is 1.75. The van der Waals surface area contributed by atoms with Crippen molar-refractivity contribution in [1.82, 2.24) is 4.98 Å². The van der Waals surface area contributed by atoms with E-state index in [4.69, 9.17) is 17.3 Å². The topological polar surface area (TPSA) is 50.9 Å². The first kappa shape index (κ1) is 11.1. The zero-order chi connectivity index (χ0) is 11.8. The quantitative estimate of drug-likeness (QED) is 0.868. The van der Waals surface area contributed by atoms with E-state index in [9.17, 15) is 0 Å². The van der Waals surface area contributed by atoms with Crippen molar-refractivity contribution in [3.8, 4) is 0 Å². The maximum absolute atomic E-state index is 5.87. The Morgan fingerprint density at radius 1 is 1.41 bits per heavy atom. The van der Waals surface area contributed by atoms with Crippen molar-refractivity contribution in [3.63, 3.8) is 0 Å². The van der Waals surface area contributed by atoms with Gasteiger partial charge in [0.15, 0.2) is 0 Å². The second-order valence-electron chi connectivity index (χ2n) is 5.41. The number of anilines is 2. The predicted octanol–water partition coefficient (Wildman–Crippen LogP) is 3.17. The molecule has 0 aliphatic heterocycles. The molecule has 2 saturated carbocycles. The van der Waals surface area contributed by atoms with Crippen LogP contribution in [0.1, 0.15) is 25.7 Å². The van der Waals surface area contributed by atoms with E-state index in [1.807, 2.05) is 0 Å². The second kappa shape index (κ2) is 4.37. The first-order valence-electron chi connectivity index (χ1n) is 6.37. The van der Waals surface area contributed by atoms with Crippen molar-refractivity contribution >= 4 is 23.1 Å². The molecule has 2 fully saturated rings. The maximum Gasteiger partial charge on any atom is 0.149 e. The summed E-state index contributed by atoms with van der Waals surface area (Å²) in [4.78, 5) is 4.23. The fraction of sp³-hybridized carbons (Fsp3) is 0.615. The Bertz CT molecular complexity index is 421. The highest BCUT2D eigenvalue weighted by molar-refractivity contribution is 6.30. The van der Waals surface area contributed by atoms with Crippen molar-refractivity contribution in [2.75, 3.05) is 17.6 Å². The Hall–Kier alpha value is -0.960. The second-order valence-corrected chi connectivity index (χ2v) is 5.84. The minimum atomic E-state index is 0.591. The molecule has 1 aromatic heterocycles. The minimum absolute atomic E-state index is 0.591. The highest BCUT2D eigenvalue weighted by Gasteiger charge is 2.39. The van der Waals surface area contributed by atoms with Gasteiger partial charge in [0.1, 0.15) is 5.82 Å². The van der Waals surface area contributed by atoms with E-state index in [0.717, 1.165) is 30.1 Å². The molecule has 3 unspecified atom stereocenters. The van der Waals surface area contributed by atoms with Crippen molar-refractivity contribution in [1.29, 1.82) is 0 Å². The molecule has 17 heavy (non-hydrogen) atoms. The summed E-state index contributed by atoms with van der Waals surface area (Å²) in [7, 11) is 0. The first-order valence-corrected chi connectivity index (χ1v) is 6.75. The van der Waals surface area contributed by atoms with Gasteiger partial charge in [0.05, 0.1) is 10.7 Å². The Labute approximate surface area is 107 Å². The molecule has 3 N–H and O–H groups in total. The standard InChI is InChI=1S/C13H18ClN3/c14-11-5-12(15)13(17-7-11)16-6-10-4-8-1-2-9(10)3-8/h5,7-10H,1-4,6,15H2,(H,16,17). The molecule has 2 aliphatic carbocycles. The number of aromatic nitrogens is 1. The van der Waals surface area contributed by atoms with Crippen LogP contribution < -0.4 is 11.1 Å². The number of hydrogen-bond acceptors (Lipinski definition) is 3. The van der Waals surface area contributed by atoms with Crippen LogP contribution in [0, 0.1) is 17.8 Å². The van der Waals surface area contributed by atoms with E-state index >= 15 is 0 Å². The van der Waals surface area contributed by atoms with Gasteiger partial charge in [-0.15, -0.1) is 0 Å². The van der Waals surface area contributed by atoms with Crippen molar-refractivity contribution in [2.45, 2.75) is 25.7 Å². The summed E-state index contributed by atoms with van der Waals surface area (Å²) in [6.07, 6.45) is 7.32. The fourth-order valence-electron chi connectivity index (χ4n) is 3.46. The van der Waals surface area contributed by atoms with Crippen molar-refractivity contribution < 1.29 is 0 Å². The van der Waals surface area contributed by atoms with Crippen LogP contribution in [-0.2, 0) is 0 Å². The van der Waals surface area contributed by atoms with Gasteiger partial charge in [-0.3, -0.25) is 0 Å². The molecular formula is C13H18ClN3. The van der Waals surface area contributed by atoms with E-state index in [0.29, 0.717) is 10.7 Å². The zero-order valence-electron chi connectivity index (χ0n) is 9.82. The van der Waals surface area contributed by atoms with Gasteiger partial charge in [-0.25, -0.2) is 4.98 Å². The van der Waals surface area contributed by atoms with Crippen LogP contribution >= 0.6 is 11.6 Å². The van der Waals surface area contributed by atoms with Gasteiger partial charge in [0, 0.05) is 12.7 Å². The molecule has 0 aromatic carbocycles. The molecular weight excluding hydrogens is 234 g/mol. The molecule has 0 radical (unpaired) electrons. The predicted molar refractivity (Wildman–Crippen MR) is 71.1 cm³/mol. The monoisotopic (exact) mass is 251 g/mol. The Kier molecular flexibility index (Phi) is 2.87. The smallest absolute Gasteiger partial charge is 0.149 e. The summed E-state index contributed by atoms with van der Waals surface area (Å²) in [5.41, 5.74) is 6.51. The van der Waals surface area contributed by atoms with Crippen LogP contribution in [-0.4, -0.2) is 11.5 Å². The molecule has 2 aliphatic rings. The van der Waals surface area contributed by atoms with Gasteiger partial charge < -0.3 is 11.1 Å². The first-order chi connectivity index (χ1) is 8.22. The van der Waals surface area contributed by atoms with Crippen molar-refractivity contribution in [3.05, 3.63) is 17.3 Å². The van der Waals surface area contributed by atoms with Gasteiger partial charge in [-0.05, 0) is 43.1 Å². The summed E-state index contributed by atoms with van der Waals surface area (Å²) in [5.74, 6) is 3.51. The number of nitrogens with two attached hydrogens (primary N) is 1. The minimum Gasteiger partial charge on any atom is -0.396 e. The lowest BCUT2D eigenvalue weighted by Crippen LogP contribution is -2.21. The lowest BCUT2D eigenvalue weighted by Gasteiger charge is -2.22. The number of fused-ring (bicyclic) bond motifs is 2. The van der Waals surface area contributed by atoms with Gasteiger partial charge in [0.25, 0.3) is 0 Å². The van der Waals surface area contributed by atoms with Gasteiger partial charge in [-0.1, -0.05) is 18.0 Å². The van der Waals surface area contributed by atoms with E-state index in [-0.39, 0.29) is 0 Å². The third-order valence-electron chi connectivity index (χ3n) is 4.30. The highest BCUT2D eigenvalue weighted by Crippen LogP contribution is 2.48. The molecule has 2 bridgehead atoms. The number of rotatable bonds is 3. The zero-order valence-corrected chi connectivity index (χ0v) is 10.6. The molecule has 92 valence electrons. The maximum atomic E-state index is 5.87. The number of nitrogens with zero attached hydrogens (tertiary/aromatic N) is 1. The Morgan fingerprint density at radius 2 is 2.29 bits per heavy atom. The molecule has 1 heterocycles. The molecule has 4 heteroatoms. The normalized spacial score (nSPS) is 30.8. The van der Waals surface area contributed by atoms with E-state index < -0.39 is 0 Å². The van der Waals surface area contributed by atoms with Gasteiger partial charge in [0.2, 0.25) is 0 Å². The lowest BCUT2D eigenvalue weighted by atomic mass is 9.89. The van der Waals surface area contributed by atoms with Crippen LogP contribution in [0.25, 0.3) is 0 Å². The van der Waals surface area contributed by atoms with E-state index in [1.54, 1.807) is 12.3 Å². The Morgan fingerprint density at radius 3 is 2.94 bits per heavy atom. The highest BCUT2D eigenvalue weighted by atomic mass is 35.5. The summed E-state index contributed by atoms with van der Waals surface area (Å²) in [5, 5.41) is 3.96. The van der Waals surface area contributed by atoms with E-state index in [2.05, 4.69) is 10.3 Å². The largest absolute Gasteiger partial charge is 0.396 e. The molecule has 0 amide bonds. The SMILES string of the molecule is Nc1cc(Cl)cnc1NCC1CC2CCC1C2. The molecule has 1 aromatic rings. The van der Waals surface area contributed by atoms with Crippen LogP contribution in [0.2, 0.25) is 5.02 Å². The average Bonchev–Trinajstić information content (AvgIpc) is 2.89. The molecule has 0 spiro atoms. The van der Waals surface area contributed by atoms with Gasteiger partial charge in [-0.2, -0.15) is 0 Å². The summed E-state index contributed by atoms with van der Waals surface area (Å²) in [6.45, 7) is 1.000. The molecule has 3 atom stereocenters. The number of nitrogens with one attached hydrogen (secondary N) is 1. The van der Waals surface area contributed by atoms with Crippen LogP contribution in [0.3, 0.4) is 0 Å². The molecule has 3 nitrogen and oxygen atoms in total. The molecule has 3 rings (SSSR count). The van der Waals surface area contributed by atoms with E-state index in [1.165, 1.54) is 25.7 Å². The van der Waals surface area contributed by atoms with Gasteiger partial charge >= 0.3 is 0 Å². The van der Waals surface area contributed by atoms with Crippen LogP contribution in [0.4, 0.5) is 11.5 Å². The van der Waals surface area contributed by atoms with Crippen LogP contribution in [0.5, 0.6) is 0 Å². The summed E-state index contributed by atoms with van der Waals surface area (Å²) >= 11 is 5.83.